The van der Waals surface area contributed by atoms with Gasteiger partial charge in [0.15, 0.2) is 0 Å². The second-order valence-electron chi connectivity index (χ2n) is 2.02. The molecule has 5 heteroatoms. The van der Waals surface area contributed by atoms with Crippen LogP contribution in [0.3, 0.4) is 0 Å². The molecule has 1 aromatic heterocycles. The Hall–Kier alpha value is -1.20. The van der Waals surface area contributed by atoms with Crippen LogP contribution in [0.25, 0.3) is 0 Å². The predicted molar refractivity (Wildman–Crippen MR) is 51.6 cm³/mol. The van der Waals surface area contributed by atoms with Gasteiger partial charge in [-0.3, -0.25) is 0 Å². The summed E-state index contributed by atoms with van der Waals surface area (Å²) in [4.78, 5) is 8.03. The maximum absolute atomic E-state index is 5.37. The summed E-state index contributed by atoms with van der Waals surface area (Å²) in [6.45, 7) is 0.394. The number of thiazole rings is 1. The molecule has 0 aromatic carbocycles. The summed E-state index contributed by atoms with van der Waals surface area (Å²) in [7, 11) is 0. The molecule has 0 radical (unpaired) electrons. The smallest absolute Gasteiger partial charge is 0.208 e. The van der Waals surface area contributed by atoms with E-state index >= 15 is 0 Å². The molecular weight excluding hydrogens is 172 g/mol. The van der Waals surface area contributed by atoms with Crippen LogP contribution < -0.4 is 11.5 Å². The van der Waals surface area contributed by atoms with E-state index in [1.807, 2.05) is 5.38 Å². The molecule has 0 fully saturated rings. The molecule has 0 amide bonds. The molecule has 64 valence electrons. The Balaban J connectivity index is 2.62. The lowest BCUT2D eigenvalue weighted by Gasteiger charge is -1.91. The van der Waals surface area contributed by atoms with E-state index in [9.17, 15) is 0 Å². The lowest BCUT2D eigenvalue weighted by Crippen LogP contribution is -2.05. The third-order valence-electron chi connectivity index (χ3n) is 1.21. The topological polar surface area (TPSA) is 77.3 Å². The van der Waals surface area contributed by atoms with E-state index in [-0.39, 0.29) is 0 Å². The van der Waals surface area contributed by atoms with Crippen LogP contribution in [0.5, 0.6) is 0 Å². The Morgan fingerprint density at radius 2 is 2.58 bits per heavy atom. The summed E-state index contributed by atoms with van der Waals surface area (Å²) in [6, 6.07) is 0. The summed E-state index contributed by atoms with van der Waals surface area (Å²) < 4.78 is 0. The van der Waals surface area contributed by atoms with E-state index in [0.29, 0.717) is 11.7 Å². The van der Waals surface area contributed by atoms with Crippen molar-refractivity contribution in [3.8, 4) is 0 Å². The standard InChI is InChI=1S/C7H10N4S/c8-3-6(4-9)5-11-7-10-1-2-12-7/h1-3,5H,4,8-9H2. The van der Waals surface area contributed by atoms with E-state index in [0.717, 1.165) is 5.57 Å². The van der Waals surface area contributed by atoms with Gasteiger partial charge in [-0.05, 0) is 11.8 Å². The van der Waals surface area contributed by atoms with Gasteiger partial charge in [-0.1, -0.05) is 0 Å². The van der Waals surface area contributed by atoms with Gasteiger partial charge >= 0.3 is 0 Å². The summed E-state index contributed by atoms with van der Waals surface area (Å²) in [5.74, 6) is 0. The highest BCUT2D eigenvalue weighted by atomic mass is 32.1. The summed E-state index contributed by atoms with van der Waals surface area (Å²) >= 11 is 1.47. The zero-order valence-electron chi connectivity index (χ0n) is 6.47. The van der Waals surface area contributed by atoms with Gasteiger partial charge < -0.3 is 11.5 Å². The third kappa shape index (κ3) is 2.44. The molecule has 4 nitrogen and oxygen atoms in total. The first-order valence-corrected chi connectivity index (χ1v) is 4.29. The number of aromatic nitrogens is 1. The Morgan fingerprint density at radius 1 is 1.75 bits per heavy atom. The molecule has 1 heterocycles. The van der Waals surface area contributed by atoms with Crippen molar-refractivity contribution in [1.82, 2.24) is 4.98 Å². The molecule has 4 N–H and O–H groups in total. The van der Waals surface area contributed by atoms with Crippen molar-refractivity contribution in [1.29, 1.82) is 0 Å². The second-order valence-corrected chi connectivity index (χ2v) is 2.89. The predicted octanol–water partition coefficient (Wildman–Crippen LogP) is 0.647. The Labute approximate surface area is 74.6 Å². The summed E-state index contributed by atoms with van der Waals surface area (Å²) in [5, 5.41) is 2.57. The lowest BCUT2D eigenvalue weighted by atomic mass is 10.3. The Kier molecular flexibility index (Phi) is 3.43. The Bertz CT molecular complexity index is 276. The van der Waals surface area contributed by atoms with Crippen LogP contribution in [-0.4, -0.2) is 17.7 Å². The maximum atomic E-state index is 5.37. The van der Waals surface area contributed by atoms with Crippen LogP contribution in [0.2, 0.25) is 0 Å². The molecule has 1 rings (SSSR count). The molecule has 0 aliphatic carbocycles. The van der Waals surface area contributed by atoms with Gasteiger partial charge in [0.1, 0.15) is 0 Å². The molecule has 0 saturated carbocycles. The average Bonchev–Trinajstić information content (AvgIpc) is 2.59. The van der Waals surface area contributed by atoms with Gasteiger partial charge in [-0.15, -0.1) is 11.3 Å². The third-order valence-corrected chi connectivity index (χ3v) is 1.89. The molecular formula is C7H10N4S. The molecule has 0 bridgehead atoms. The first-order valence-electron chi connectivity index (χ1n) is 3.41. The highest BCUT2D eigenvalue weighted by Gasteiger charge is 1.90. The zero-order chi connectivity index (χ0) is 8.81. The minimum absolute atomic E-state index is 0.394. The van der Waals surface area contributed by atoms with Crippen molar-refractivity contribution in [2.45, 2.75) is 0 Å². The van der Waals surface area contributed by atoms with E-state index < -0.39 is 0 Å². The van der Waals surface area contributed by atoms with Gasteiger partial charge in [0.05, 0.1) is 0 Å². The minimum atomic E-state index is 0.394. The van der Waals surface area contributed by atoms with Crippen LogP contribution in [0.15, 0.2) is 28.3 Å². The van der Waals surface area contributed by atoms with Crippen molar-refractivity contribution >= 4 is 22.7 Å². The van der Waals surface area contributed by atoms with Crippen LogP contribution in [0.4, 0.5) is 5.13 Å². The van der Waals surface area contributed by atoms with E-state index in [4.69, 9.17) is 11.5 Å². The van der Waals surface area contributed by atoms with Crippen molar-refractivity contribution in [3.63, 3.8) is 0 Å². The monoisotopic (exact) mass is 182 g/mol. The largest absolute Gasteiger partial charge is 0.404 e. The number of nitrogens with zero attached hydrogens (tertiary/aromatic N) is 2. The first kappa shape index (κ1) is 8.89. The molecule has 0 saturated heterocycles. The maximum Gasteiger partial charge on any atom is 0.208 e. The number of aliphatic imine (C=N–C) groups is 1. The van der Waals surface area contributed by atoms with Gasteiger partial charge in [-0.25, -0.2) is 9.98 Å². The molecule has 0 atom stereocenters. The summed E-state index contributed by atoms with van der Waals surface area (Å²) in [6.07, 6.45) is 4.77. The van der Waals surface area contributed by atoms with Crippen molar-refractivity contribution in [3.05, 3.63) is 23.3 Å². The van der Waals surface area contributed by atoms with Crippen molar-refractivity contribution in [2.75, 3.05) is 6.54 Å². The van der Waals surface area contributed by atoms with E-state index in [1.165, 1.54) is 17.5 Å². The number of hydrogen-bond donors (Lipinski definition) is 2. The van der Waals surface area contributed by atoms with Crippen LogP contribution >= 0.6 is 11.3 Å². The van der Waals surface area contributed by atoms with Gasteiger partial charge in [0.25, 0.3) is 0 Å². The first-order chi connectivity index (χ1) is 5.86. The van der Waals surface area contributed by atoms with Crippen molar-refractivity contribution < 1.29 is 0 Å². The summed E-state index contributed by atoms with van der Waals surface area (Å²) in [5.41, 5.74) is 11.4. The van der Waals surface area contributed by atoms with Gasteiger partial charge in [0, 0.05) is 24.3 Å². The highest BCUT2D eigenvalue weighted by molar-refractivity contribution is 7.13. The molecule has 0 spiro atoms. The van der Waals surface area contributed by atoms with Crippen LogP contribution in [-0.2, 0) is 0 Å². The Morgan fingerprint density at radius 3 is 3.08 bits per heavy atom. The van der Waals surface area contributed by atoms with Crippen LogP contribution in [0, 0.1) is 0 Å². The molecule has 0 unspecified atom stereocenters. The van der Waals surface area contributed by atoms with Gasteiger partial charge in [-0.2, -0.15) is 0 Å². The number of hydrogen-bond acceptors (Lipinski definition) is 5. The quantitative estimate of drug-likeness (QED) is 0.674. The van der Waals surface area contributed by atoms with Gasteiger partial charge in [0.2, 0.25) is 5.13 Å². The molecule has 12 heavy (non-hydrogen) atoms. The van der Waals surface area contributed by atoms with Crippen LogP contribution in [0.1, 0.15) is 0 Å². The second kappa shape index (κ2) is 4.63. The number of nitrogens with two attached hydrogens (primary N) is 2. The van der Waals surface area contributed by atoms with E-state index in [1.54, 1.807) is 12.4 Å². The fourth-order valence-electron chi connectivity index (χ4n) is 0.582. The fraction of sp³-hybridized carbons (Fsp3) is 0.143. The lowest BCUT2D eigenvalue weighted by molar-refractivity contribution is 1.20. The molecule has 1 aromatic rings. The number of rotatable bonds is 3. The normalized spacial score (nSPS) is 12.6. The average molecular weight is 182 g/mol. The minimum Gasteiger partial charge on any atom is -0.404 e. The highest BCUT2D eigenvalue weighted by Crippen LogP contribution is 2.13. The van der Waals surface area contributed by atoms with E-state index in [2.05, 4.69) is 9.98 Å². The molecule has 0 aliphatic heterocycles. The van der Waals surface area contributed by atoms with Crippen molar-refractivity contribution in [2.24, 2.45) is 16.5 Å². The SMILES string of the molecule is NC=C(C=Nc1nccs1)CN. The fourth-order valence-corrected chi connectivity index (χ4v) is 1.06. The zero-order valence-corrected chi connectivity index (χ0v) is 7.29. The molecule has 0 aliphatic rings.